The van der Waals surface area contributed by atoms with Crippen LogP contribution in [-0.2, 0) is 7.05 Å². The fourth-order valence-corrected chi connectivity index (χ4v) is 2.71. The molecule has 0 fully saturated rings. The van der Waals surface area contributed by atoms with Crippen molar-refractivity contribution in [1.82, 2.24) is 19.9 Å². The zero-order valence-electron chi connectivity index (χ0n) is 12.8. The van der Waals surface area contributed by atoms with Crippen LogP contribution < -0.4 is 5.32 Å². The van der Waals surface area contributed by atoms with Gasteiger partial charge in [-0.1, -0.05) is 53.5 Å². The van der Waals surface area contributed by atoms with Crippen molar-refractivity contribution in [3.63, 3.8) is 0 Å². The fourth-order valence-electron chi connectivity index (χ4n) is 2.37. The Kier molecular flexibility index (Phi) is 4.83. The predicted octanol–water partition coefficient (Wildman–Crippen LogP) is 3.64. The molecule has 0 aliphatic carbocycles. The third-order valence-electron chi connectivity index (χ3n) is 3.55. The molecule has 0 saturated carbocycles. The van der Waals surface area contributed by atoms with Gasteiger partial charge in [0.2, 0.25) is 0 Å². The number of imidazole rings is 1. The molecule has 1 atom stereocenters. The van der Waals surface area contributed by atoms with E-state index in [1.165, 1.54) is 6.07 Å². The molecule has 5 nitrogen and oxygen atoms in total. The summed E-state index contributed by atoms with van der Waals surface area (Å²) in [6.45, 7) is 0. The molecule has 3 rings (SSSR count). The lowest BCUT2D eigenvalue weighted by Gasteiger charge is -2.19. The maximum absolute atomic E-state index is 12.7. The minimum absolute atomic E-state index is 0.0827. The molecule has 1 aromatic carbocycles. The van der Waals surface area contributed by atoms with Crippen LogP contribution >= 0.6 is 23.2 Å². The van der Waals surface area contributed by atoms with Gasteiger partial charge in [0, 0.05) is 19.4 Å². The van der Waals surface area contributed by atoms with Gasteiger partial charge in [0.25, 0.3) is 5.91 Å². The minimum Gasteiger partial charge on any atom is -0.337 e. The van der Waals surface area contributed by atoms with Gasteiger partial charge in [0.05, 0.1) is 5.02 Å². The van der Waals surface area contributed by atoms with E-state index in [0.717, 1.165) is 5.56 Å². The van der Waals surface area contributed by atoms with E-state index in [0.29, 0.717) is 5.82 Å². The average molecular weight is 361 g/mol. The van der Waals surface area contributed by atoms with E-state index in [2.05, 4.69) is 15.3 Å². The van der Waals surface area contributed by atoms with Crippen LogP contribution in [0.5, 0.6) is 0 Å². The van der Waals surface area contributed by atoms with E-state index in [4.69, 9.17) is 23.2 Å². The Balaban J connectivity index is 1.97. The monoisotopic (exact) mass is 360 g/mol. The first-order valence-electron chi connectivity index (χ1n) is 7.21. The van der Waals surface area contributed by atoms with Crippen LogP contribution in [0.1, 0.15) is 27.9 Å². The number of hydrogen-bond acceptors (Lipinski definition) is 3. The summed E-state index contributed by atoms with van der Waals surface area (Å²) < 4.78 is 1.85. The zero-order chi connectivity index (χ0) is 17.1. The number of carbonyl (C=O) groups excluding carboxylic acids is 1. The van der Waals surface area contributed by atoms with E-state index < -0.39 is 11.9 Å². The number of pyridine rings is 1. The van der Waals surface area contributed by atoms with E-state index in [-0.39, 0.29) is 15.9 Å². The number of hydrogen-bond donors (Lipinski definition) is 1. The second kappa shape index (κ2) is 7.03. The van der Waals surface area contributed by atoms with Gasteiger partial charge < -0.3 is 9.88 Å². The number of nitrogens with one attached hydrogen (secondary N) is 1. The first-order chi connectivity index (χ1) is 11.6. The molecule has 1 N–H and O–H groups in total. The molecule has 1 amide bonds. The summed E-state index contributed by atoms with van der Waals surface area (Å²) in [6, 6.07) is 12.2. The third kappa shape index (κ3) is 3.42. The van der Waals surface area contributed by atoms with E-state index in [9.17, 15) is 4.79 Å². The number of carbonyl (C=O) groups is 1. The van der Waals surface area contributed by atoms with Crippen molar-refractivity contribution in [1.29, 1.82) is 0 Å². The molecule has 2 aromatic heterocycles. The molecular weight excluding hydrogens is 347 g/mol. The molecule has 24 heavy (non-hydrogen) atoms. The topological polar surface area (TPSA) is 59.8 Å². The first-order valence-corrected chi connectivity index (χ1v) is 7.97. The van der Waals surface area contributed by atoms with Crippen molar-refractivity contribution in [2.45, 2.75) is 6.04 Å². The molecule has 0 aliphatic heterocycles. The van der Waals surface area contributed by atoms with E-state index in [1.807, 2.05) is 48.1 Å². The summed E-state index contributed by atoms with van der Waals surface area (Å²) >= 11 is 11.9. The molecule has 122 valence electrons. The predicted molar refractivity (Wildman–Crippen MR) is 93.2 cm³/mol. The quantitative estimate of drug-likeness (QED) is 0.722. The summed E-state index contributed by atoms with van der Waals surface area (Å²) in [5.74, 6) is 0.284. The van der Waals surface area contributed by atoms with Crippen molar-refractivity contribution in [2.24, 2.45) is 7.05 Å². The largest absolute Gasteiger partial charge is 0.337 e. The Labute approximate surface area is 149 Å². The molecule has 7 heteroatoms. The molecule has 0 unspecified atom stereocenters. The van der Waals surface area contributed by atoms with Crippen molar-refractivity contribution < 1.29 is 4.79 Å². The lowest BCUT2D eigenvalue weighted by Crippen LogP contribution is -2.31. The van der Waals surface area contributed by atoms with Crippen molar-refractivity contribution in [2.75, 3.05) is 0 Å². The van der Waals surface area contributed by atoms with Crippen LogP contribution in [0, 0.1) is 0 Å². The molecule has 2 heterocycles. The minimum atomic E-state index is -0.435. The second-order valence-electron chi connectivity index (χ2n) is 5.18. The maximum Gasteiger partial charge on any atom is 0.272 e. The third-order valence-corrected chi connectivity index (χ3v) is 4.07. The van der Waals surface area contributed by atoms with Crippen LogP contribution in [0.15, 0.2) is 54.9 Å². The zero-order valence-corrected chi connectivity index (χ0v) is 14.3. The van der Waals surface area contributed by atoms with Gasteiger partial charge in [-0.25, -0.2) is 9.97 Å². The Hall–Kier alpha value is -2.37. The van der Waals surface area contributed by atoms with Gasteiger partial charge in [-0.2, -0.15) is 0 Å². The molecule has 0 saturated heterocycles. The van der Waals surface area contributed by atoms with E-state index in [1.54, 1.807) is 12.3 Å². The summed E-state index contributed by atoms with van der Waals surface area (Å²) in [7, 11) is 1.87. The molecule has 0 spiro atoms. The maximum atomic E-state index is 12.7. The summed E-state index contributed by atoms with van der Waals surface area (Å²) in [6.07, 6.45) is 3.50. The number of aryl methyl sites for hydroxylation is 1. The molecule has 0 bridgehead atoms. The lowest BCUT2D eigenvalue weighted by atomic mass is 10.1. The Morgan fingerprint density at radius 1 is 1.17 bits per heavy atom. The Morgan fingerprint density at radius 2 is 1.92 bits per heavy atom. The normalized spacial score (nSPS) is 12.0. The fraction of sp³-hybridized carbons (Fsp3) is 0.118. The number of amides is 1. The van der Waals surface area contributed by atoms with Crippen molar-refractivity contribution in [3.8, 4) is 0 Å². The SMILES string of the molecule is Cn1ccnc1[C@H](NC(=O)c1nc(Cl)ccc1Cl)c1ccccc1. The molecular formula is C17H14Cl2N4O. The number of halogens is 2. The van der Waals surface area contributed by atoms with Gasteiger partial charge in [-0.3, -0.25) is 4.79 Å². The average Bonchev–Trinajstić information content (AvgIpc) is 3.01. The van der Waals surface area contributed by atoms with Gasteiger partial charge in [0.15, 0.2) is 0 Å². The van der Waals surface area contributed by atoms with Crippen LogP contribution in [0.3, 0.4) is 0 Å². The summed E-state index contributed by atoms with van der Waals surface area (Å²) in [4.78, 5) is 21.0. The van der Waals surface area contributed by atoms with Gasteiger partial charge in [-0.05, 0) is 17.7 Å². The molecule has 0 aliphatic rings. The van der Waals surface area contributed by atoms with Crippen LogP contribution in [-0.4, -0.2) is 20.4 Å². The Bertz CT molecular complexity index is 864. The number of rotatable bonds is 4. The van der Waals surface area contributed by atoms with Crippen molar-refractivity contribution >= 4 is 29.1 Å². The van der Waals surface area contributed by atoms with Crippen LogP contribution in [0.2, 0.25) is 10.2 Å². The standard InChI is InChI=1S/C17H14Cl2N4O/c1-23-10-9-20-16(23)14(11-5-3-2-4-6-11)22-17(24)15-12(18)7-8-13(19)21-15/h2-10,14H,1H3,(H,22,24)/t14-/m1/s1. The summed E-state index contributed by atoms with van der Waals surface area (Å²) in [5.41, 5.74) is 0.984. The highest BCUT2D eigenvalue weighted by molar-refractivity contribution is 6.34. The Morgan fingerprint density at radius 3 is 2.58 bits per heavy atom. The van der Waals surface area contributed by atoms with Crippen molar-refractivity contribution in [3.05, 3.63) is 82.1 Å². The first kappa shape index (κ1) is 16.5. The highest BCUT2D eigenvalue weighted by Gasteiger charge is 2.23. The van der Waals surface area contributed by atoms with Gasteiger partial charge >= 0.3 is 0 Å². The molecule has 0 radical (unpaired) electrons. The number of nitrogens with zero attached hydrogens (tertiary/aromatic N) is 3. The van der Waals surface area contributed by atoms with Gasteiger partial charge in [0.1, 0.15) is 22.7 Å². The van der Waals surface area contributed by atoms with Gasteiger partial charge in [-0.15, -0.1) is 0 Å². The van der Waals surface area contributed by atoms with Crippen LogP contribution in [0.25, 0.3) is 0 Å². The highest BCUT2D eigenvalue weighted by atomic mass is 35.5. The molecule has 3 aromatic rings. The van der Waals surface area contributed by atoms with Crippen LogP contribution in [0.4, 0.5) is 0 Å². The summed E-state index contributed by atoms with van der Waals surface area (Å²) in [5, 5.41) is 3.38. The number of aromatic nitrogens is 3. The van der Waals surface area contributed by atoms with E-state index >= 15 is 0 Å². The smallest absolute Gasteiger partial charge is 0.272 e. The lowest BCUT2D eigenvalue weighted by molar-refractivity contribution is 0.0936. The highest BCUT2D eigenvalue weighted by Crippen LogP contribution is 2.22. The number of benzene rings is 1. The second-order valence-corrected chi connectivity index (χ2v) is 5.97.